The molecule has 2 atom stereocenters. The van der Waals surface area contributed by atoms with Gasteiger partial charge in [0.15, 0.2) is 0 Å². The number of anilines is 3. The highest BCUT2D eigenvalue weighted by Crippen LogP contribution is 2.49. The number of aromatic nitrogens is 2. The van der Waals surface area contributed by atoms with Gasteiger partial charge in [-0.2, -0.15) is 0 Å². The summed E-state index contributed by atoms with van der Waals surface area (Å²) in [6.45, 7) is 3.07. The second-order valence-electron chi connectivity index (χ2n) is 8.50. The highest BCUT2D eigenvalue weighted by molar-refractivity contribution is 6.30. The van der Waals surface area contributed by atoms with Crippen molar-refractivity contribution >= 4 is 34.8 Å². The van der Waals surface area contributed by atoms with Gasteiger partial charge in [0.05, 0.1) is 23.8 Å². The summed E-state index contributed by atoms with van der Waals surface area (Å²) in [6.07, 6.45) is 8.89. The molecule has 1 aliphatic carbocycles. The van der Waals surface area contributed by atoms with Crippen LogP contribution in [-0.2, 0) is 11.2 Å². The van der Waals surface area contributed by atoms with E-state index in [9.17, 15) is 4.79 Å². The zero-order valence-corrected chi connectivity index (χ0v) is 17.2. The van der Waals surface area contributed by atoms with Crippen LogP contribution in [-0.4, -0.2) is 35.5 Å². The van der Waals surface area contributed by atoms with E-state index in [1.807, 2.05) is 6.07 Å². The van der Waals surface area contributed by atoms with Gasteiger partial charge < -0.3 is 15.5 Å². The molecule has 0 bridgehead atoms. The minimum absolute atomic E-state index is 0.0895. The first kappa shape index (κ1) is 18.7. The number of rotatable bonds is 6. The molecule has 1 saturated heterocycles. The van der Waals surface area contributed by atoms with E-state index in [2.05, 4.69) is 37.6 Å². The van der Waals surface area contributed by atoms with Crippen molar-refractivity contribution in [3.63, 3.8) is 0 Å². The molecule has 5 rings (SSSR count). The first-order valence-corrected chi connectivity index (χ1v) is 10.9. The van der Waals surface area contributed by atoms with Crippen LogP contribution in [0.5, 0.6) is 0 Å². The fraction of sp³-hybridized carbons (Fsp3) is 0.500. The number of carbonyl (C=O) groups excluding carboxylic acids is 1. The molecule has 2 N–H and O–H groups in total. The molecule has 1 saturated carbocycles. The number of hydrogen-bond donors (Lipinski definition) is 2. The molecule has 0 spiro atoms. The van der Waals surface area contributed by atoms with Gasteiger partial charge in [0, 0.05) is 31.0 Å². The number of fused-ring (bicyclic) bond motifs is 1. The summed E-state index contributed by atoms with van der Waals surface area (Å²) in [5.74, 6) is 3.46. The van der Waals surface area contributed by atoms with Crippen LogP contribution >= 0.6 is 11.6 Å². The van der Waals surface area contributed by atoms with Crippen LogP contribution in [0, 0.1) is 17.8 Å². The highest BCUT2D eigenvalue weighted by Gasteiger charge is 2.43. The molecular formula is C22H26ClN5O. The lowest BCUT2D eigenvalue weighted by Gasteiger charge is -2.32. The Labute approximate surface area is 176 Å². The van der Waals surface area contributed by atoms with Gasteiger partial charge in [-0.25, -0.2) is 9.97 Å². The maximum absolute atomic E-state index is 11.5. The summed E-state index contributed by atoms with van der Waals surface area (Å²) in [5.41, 5.74) is 3.17. The zero-order valence-electron chi connectivity index (χ0n) is 16.4. The van der Waals surface area contributed by atoms with Crippen molar-refractivity contribution in [2.24, 2.45) is 17.8 Å². The van der Waals surface area contributed by atoms with Crippen molar-refractivity contribution in [1.82, 2.24) is 9.97 Å². The molecule has 2 fully saturated rings. The summed E-state index contributed by atoms with van der Waals surface area (Å²) in [7, 11) is 0. The Hall–Kier alpha value is -2.34. The number of amides is 1. The summed E-state index contributed by atoms with van der Waals surface area (Å²) in [5, 5.41) is 7.01. The summed E-state index contributed by atoms with van der Waals surface area (Å²) < 4.78 is 0. The van der Waals surface area contributed by atoms with Crippen LogP contribution in [0.4, 0.5) is 17.3 Å². The van der Waals surface area contributed by atoms with Crippen molar-refractivity contribution in [2.45, 2.75) is 32.1 Å². The van der Waals surface area contributed by atoms with E-state index in [4.69, 9.17) is 11.6 Å². The molecule has 0 radical (unpaired) electrons. The number of hydrogen-bond acceptors (Lipinski definition) is 5. The number of benzene rings is 1. The number of nitrogens with one attached hydrogen (secondary N) is 2. The van der Waals surface area contributed by atoms with Gasteiger partial charge in [0.2, 0.25) is 11.9 Å². The van der Waals surface area contributed by atoms with Crippen LogP contribution in [0.1, 0.15) is 31.2 Å². The van der Waals surface area contributed by atoms with Gasteiger partial charge in [-0.15, -0.1) is 0 Å². The van der Waals surface area contributed by atoms with Crippen LogP contribution in [0.3, 0.4) is 0 Å². The lowest BCUT2D eigenvalue weighted by Crippen LogP contribution is -2.35. The third kappa shape index (κ3) is 4.17. The number of carbonyl (C=O) groups is 1. The fourth-order valence-corrected chi connectivity index (χ4v) is 5.02. The van der Waals surface area contributed by atoms with E-state index in [0.29, 0.717) is 11.4 Å². The van der Waals surface area contributed by atoms with Gasteiger partial charge in [-0.3, -0.25) is 4.79 Å². The molecule has 2 aliphatic heterocycles. The molecule has 29 heavy (non-hydrogen) atoms. The maximum atomic E-state index is 11.5. The Morgan fingerprint density at radius 2 is 2.00 bits per heavy atom. The molecule has 1 aromatic carbocycles. The van der Waals surface area contributed by atoms with Crippen molar-refractivity contribution in [3.05, 3.63) is 41.2 Å². The Morgan fingerprint density at radius 3 is 2.79 bits per heavy atom. The standard InChI is InChI=1S/C22H26ClN5O/c23-17-12-25-22(26-13-17)28-7-4-14(5-8-28)19-10-15(19)3-6-24-18-1-2-20-16(9-18)11-21(29)27-20/h1-2,9,12-15,19,24H,3-8,10-11H2,(H,27,29)/t15-,19?/m1/s1. The lowest BCUT2D eigenvalue weighted by molar-refractivity contribution is -0.115. The molecule has 3 aliphatic rings. The third-order valence-electron chi connectivity index (χ3n) is 6.59. The summed E-state index contributed by atoms with van der Waals surface area (Å²) in [4.78, 5) is 22.5. The average molecular weight is 412 g/mol. The van der Waals surface area contributed by atoms with E-state index in [1.165, 1.54) is 25.7 Å². The first-order valence-electron chi connectivity index (χ1n) is 10.5. The second-order valence-corrected chi connectivity index (χ2v) is 8.93. The predicted molar refractivity (Wildman–Crippen MR) is 115 cm³/mol. The molecule has 1 amide bonds. The maximum Gasteiger partial charge on any atom is 0.228 e. The Balaban J connectivity index is 1.05. The molecule has 1 unspecified atom stereocenters. The second kappa shape index (κ2) is 7.82. The van der Waals surface area contributed by atoms with Crippen molar-refractivity contribution in [1.29, 1.82) is 0 Å². The predicted octanol–water partition coefficient (Wildman–Crippen LogP) is 3.98. The van der Waals surface area contributed by atoms with Gasteiger partial charge >= 0.3 is 0 Å². The SMILES string of the molecule is O=C1Cc2cc(NCC[C@@H]3CC3C3CCN(c4ncc(Cl)cn4)CC3)ccc2N1. The minimum atomic E-state index is 0.0895. The van der Waals surface area contributed by atoms with Crippen LogP contribution in [0.15, 0.2) is 30.6 Å². The minimum Gasteiger partial charge on any atom is -0.385 e. The molecule has 152 valence electrons. The fourth-order valence-electron chi connectivity index (χ4n) is 4.92. The monoisotopic (exact) mass is 411 g/mol. The van der Waals surface area contributed by atoms with Gasteiger partial charge in [0.25, 0.3) is 0 Å². The van der Waals surface area contributed by atoms with E-state index in [-0.39, 0.29) is 5.91 Å². The van der Waals surface area contributed by atoms with E-state index in [0.717, 1.165) is 60.3 Å². The molecule has 3 heterocycles. The van der Waals surface area contributed by atoms with Crippen LogP contribution in [0.25, 0.3) is 0 Å². The van der Waals surface area contributed by atoms with E-state index < -0.39 is 0 Å². The largest absolute Gasteiger partial charge is 0.385 e. The Morgan fingerprint density at radius 1 is 1.21 bits per heavy atom. The summed E-state index contributed by atoms with van der Waals surface area (Å²) in [6, 6.07) is 6.16. The zero-order chi connectivity index (χ0) is 19.8. The van der Waals surface area contributed by atoms with Crippen molar-refractivity contribution in [2.75, 3.05) is 35.2 Å². The third-order valence-corrected chi connectivity index (χ3v) is 6.78. The topological polar surface area (TPSA) is 70.2 Å². The first-order chi connectivity index (χ1) is 14.2. The lowest BCUT2D eigenvalue weighted by atomic mass is 9.90. The van der Waals surface area contributed by atoms with E-state index >= 15 is 0 Å². The van der Waals surface area contributed by atoms with Crippen LogP contribution < -0.4 is 15.5 Å². The quantitative estimate of drug-likeness (QED) is 0.752. The normalized spacial score (nSPS) is 23.6. The Bertz CT molecular complexity index is 895. The number of nitrogens with zero attached hydrogens (tertiary/aromatic N) is 3. The average Bonchev–Trinajstić information content (AvgIpc) is 3.40. The van der Waals surface area contributed by atoms with Crippen LogP contribution in [0.2, 0.25) is 5.02 Å². The van der Waals surface area contributed by atoms with E-state index in [1.54, 1.807) is 12.4 Å². The van der Waals surface area contributed by atoms with Gasteiger partial charge in [-0.1, -0.05) is 11.6 Å². The van der Waals surface area contributed by atoms with Crippen molar-refractivity contribution in [3.8, 4) is 0 Å². The number of halogens is 1. The smallest absolute Gasteiger partial charge is 0.228 e. The molecule has 6 nitrogen and oxygen atoms in total. The summed E-state index contributed by atoms with van der Waals surface area (Å²) >= 11 is 5.89. The molecule has 1 aromatic heterocycles. The van der Waals surface area contributed by atoms with Gasteiger partial charge in [-0.05, 0) is 67.2 Å². The van der Waals surface area contributed by atoms with Gasteiger partial charge in [0.1, 0.15) is 0 Å². The molecule has 7 heteroatoms. The Kier molecular flexibility index (Phi) is 5.04. The molecule has 2 aromatic rings. The number of piperidine rings is 1. The molecular weight excluding hydrogens is 386 g/mol. The highest BCUT2D eigenvalue weighted by atomic mass is 35.5. The van der Waals surface area contributed by atoms with Crippen molar-refractivity contribution < 1.29 is 4.79 Å².